The van der Waals surface area contributed by atoms with Gasteiger partial charge < -0.3 is 10.1 Å². The number of fused-ring (bicyclic) bond motifs is 1. The highest BCUT2D eigenvalue weighted by atomic mass is 79.9. The highest BCUT2D eigenvalue weighted by molar-refractivity contribution is 9.10. The normalized spacial score (nSPS) is 12.9. The van der Waals surface area contributed by atoms with Crippen molar-refractivity contribution in [2.45, 2.75) is 19.9 Å². The van der Waals surface area contributed by atoms with Gasteiger partial charge in [-0.05, 0) is 36.2 Å². The molecule has 0 radical (unpaired) electrons. The van der Waals surface area contributed by atoms with E-state index in [1.165, 1.54) is 5.56 Å². The topological polar surface area (TPSA) is 47.0 Å². The van der Waals surface area contributed by atoms with Crippen LogP contribution in [0.25, 0.3) is 0 Å². The minimum Gasteiger partial charge on any atom is -0.493 e. The Morgan fingerprint density at radius 2 is 2.20 bits per heavy atom. The van der Waals surface area contributed by atoms with Crippen molar-refractivity contribution in [3.05, 3.63) is 44.8 Å². The molecule has 6 heteroatoms. The Labute approximate surface area is 130 Å². The predicted octanol–water partition coefficient (Wildman–Crippen LogP) is 3.75. The second-order valence-electron chi connectivity index (χ2n) is 4.67. The summed E-state index contributed by atoms with van der Waals surface area (Å²) >= 11 is 9.39. The van der Waals surface area contributed by atoms with Crippen molar-refractivity contribution in [2.24, 2.45) is 0 Å². The lowest BCUT2D eigenvalue weighted by molar-refractivity contribution is 0.354. The summed E-state index contributed by atoms with van der Waals surface area (Å²) in [6.07, 6.45) is 0.959. The number of rotatable bonds is 3. The molecule has 0 saturated carbocycles. The molecular weight excluding hydrogens is 342 g/mol. The summed E-state index contributed by atoms with van der Waals surface area (Å²) in [6, 6.07) is 6.04. The van der Waals surface area contributed by atoms with Gasteiger partial charge in [-0.1, -0.05) is 15.9 Å². The molecule has 1 N–H and O–H groups in total. The third-order valence-electron chi connectivity index (χ3n) is 3.11. The van der Waals surface area contributed by atoms with E-state index in [1.54, 1.807) is 0 Å². The quantitative estimate of drug-likeness (QED) is 0.853. The molecule has 1 aliphatic rings. The van der Waals surface area contributed by atoms with Gasteiger partial charge in [0.1, 0.15) is 11.6 Å². The van der Waals surface area contributed by atoms with E-state index >= 15 is 0 Å². The Bertz CT molecular complexity index is 643. The number of benzene rings is 1. The van der Waals surface area contributed by atoms with E-state index in [1.807, 2.05) is 13.0 Å². The molecule has 0 amide bonds. The van der Waals surface area contributed by atoms with Crippen molar-refractivity contribution in [1.29, 1.82) is 0 Å². The lowest BCUT2D eigenvalue weighted by Gasteiger charge is -2.11. The van der Waals surface area contributed by atoms with Crippen LogP contribution in [0.15, 0.2) is 22.7 Å². The molecular formula is C14H13BrClN3O. The molecule has 1 aliphatic heterocycles. The second-order valence-corrected chi connectivity index (χ2v) is 5.92. The molecule has 104 valence electrons. The van der Waals surface area contributed by atoms with Crippen LogP contribution < -0.4 is 10.1 Å². The summed E-state index contributed by atoms with van der Waals surface area (Å²) in [5, 5.41) is 3.52. The van der Waals surface area contributed by atoms with E-state index in [2.05, 4.69) is 43.3 Å². The number of hydrogen-bond acceptors (Lipinski definition) is 4. The SMILES string of the molecule is Cc1cc(NCc2cc(Br)cc3c2OCC3)nc(Cl)n1. The standard InChI is InChI=1S/C14H13BrClN3O/c1-8-4-12(19-14(16)18-8)17-7-10-6-11(15)5-9-2-3-20-13(9)10/h4-6H,2-3,7H2,1H3,(H,17,18,19). The van der Waals surface area contributed by atoms with Crippen molar-refractivity contribution >= 4 is 33.3 Å². The van der Waals surface area contributed by atoms with Gasteiger partial charge >= 0.3 is 0 Å². The Kier molecular flexibility index (Phi) is 3.81. The van der Waals surface area contributed by atoms with Gasteiger partial charge in [-0.25, -0.2) is 9.97 Å². The molecule has 0 fully saturated rings. The van der Waals surface area contributed by atoms with Crippen molar-refractivity contribution in [3.8, 4) is 5.75 Å². The number of aromatic nitrogens is 2. The van der Waals surface area contributed by atoms with Gasteiger partial charge in [-0.2, -0.15) is 0 Å². The Balaban J connectivity index is 1.82. The van der Waals surface area contributed by atoms with Crippen LogP contribution in [-0.2, 0) is 13.0 Å². The lowest BCUT2D eigenvalue weighted by atomic mass is 10.1. The predicted molar refractivity (Wildman–Crippen MR) is 82.4 cm³/mol. The molecule has 3 rings (SSSR count). The minimum atomic E-state index is 0.253. The van der Waals surface area contributed by atoms with Crippen LogP contribution in [0, 0.1) is 6.92 Å². The maximum absolute atomic E-state index is 5.86. The highest BCUT2D eigenvalue weighted by Crippen LogP contribution is 2.33. The van der Waals surface area contributed by atoms with E-state index in [0.717, 1.165) is 34.5 Å². The molecule has 0 atom stereocenters. The maximum atomic E-state index is 5.86. The van der Waals surface area contributed by atoms with Crippen LogP contribution in [-0.4, -0.2) is 16.6 Å². The summed E-state index contributed by atoms with van der Waals surface area (Å²) in [5.74, 6) is 1.70. The van der Waals surface area contributed by atoms with E-state index in [4.69, 9.17) is 16.3 Å². The van der Waals surface area contributed by atoms with Gasteiger partial charge in [-0.15, -0.1) is 0 Å². The average Bonchev–Trinajstić information content (AvgIpc) is 2.82. The van der Waals surface area contributed by atoms with Gasteiger partial charge in [0.15, 0.2) is 0 Å². The van der Waals surface area contributed by atoms with Gasteiger partial charge in [0, 0.05) is 34.8 Å². The molecule has 1 aromatic carbocycles. The minimum absolute atomic E-state index is 0.253. The number of nitrogens with zero attached hydrogens (tertiary/aromatic N) is 2. The zero-order chi connectivity index (χ0) is 14.1. The van der Waals surface area contributed by atoms with Crippen molar-refractivity contribution in [2.75, 3.05) is 11.9 Å². The van der Waals surface area contributed by atoms with E-state index in [9.17, 15) is 0 Å². The summed E-state index contributed by atoms with van der Waals surface area (Å²) in [7, 11) is 0. The molecule has 0 unspecified atom stereocenters. The summed E-state index contributed by atoms with van der Waals surface area (Å²) in [6.45, 7) is 3.27. The third kappa shape index (κ3) is 2.88. The van der Waals surface area contributed by atoms with E-state index in [0.29, 0.717) is 12.4 Å². The number of anilines is 1. The van der Waals surface area contributed by atoms with Crippen LogP contribution in [0.3, 0.4) is 0 Å². The molecule has 4 nitrogen and oxygen atoms in total. The second kappa shape index (κ2) is 5.58. The summed E-state index contributed by atoms with van der Waals surface area (Å²) < 4.78 is 6.77. The first kappa shape index (κ1) is 13.6. The molecule has 2 heterocycles. The first-order chi connectivity index (χ1) is 9.61. The average molecular weight is 355 g/mol. The first-order valence-electron chi connectivity index (χ1n) is 6.31. The first-order valence-corrected chi connectivity index (χ1v) is 7.48. The highest BCUT2D eigenvalue weighted by Gasteiger charge is 2.17. The van der Waals surface area contributed by atoms with Crippen molar-refractivity contribution in [1.82, 2.24) is 9.97 Å². The van der Waals surface area contributed by atoms with E-state index in [-0.39, 0.29) is 5.28 Å². The molecule has 0 bridgehead atoms. The number of halogens is 2. The number of aryl methyl sites for hydroxylation is 1. The van der Waals surface area contributed by atoms with Gasteiger partial charge in [0.25, 0.3) is 0 Å². The molecule has 20 heavy (non-hydrogen) atoms. The maximum Gasteiger partial charge on any atom is 0.224 e. The number of nitrogens with one attached hydrogen (secondary N) is 1. The van der Waals surface area contributed by atoms with Gasteiger partial charge in [-0.3, -0.25) is 0 Å². The zero-order valence-electron chi connectivity index (χ0n) is 10.9. The largest absolute Gasteiger partial charge is 0.493 e. The Morgan fingerprint density at radius 3 is 3.00 bits per heavy atom. The summed E-state index contributed by atoms with van der Waals surface area (Å²) in [5.41, 5.74) is 3.19. The fourth-order valence-electron chi connectivity index (χ4n) is 2.29. The van der Waals surface area contributed by atoms with Crippen LogP contribution in [0.5, 0.6) is 5.75 Å². The van der Waals surface area contributed by atoms with Crippen LogP contribution in [0.2, 0.25) is 5.28 Å². The number of ether oxygens (including phenoxy) is 1. The molecule has 0 saturated heterocycles. The van der Waals surface area contributed by atoms with Crippen LogP contribution in [0.4, 0.5) is 5.82 Å². The zero-order valence-corrected chi connectivity index (χ0v) is 13.3. The van der Waals surface area contributed by atoms with Gasteiger partial charge in [0.2, 0.25) is 5.28 Å². The fourth-order valence-corrected chi connectivity index (χ4v) is 3.06. The Hall–Kier alpha value is -1.33. The van der Waals surface area contributed by atoms with Crippen molar-refractivity contribution in [3.63, 3.8) is 0 Å². The smallest absolute Gasteiger partial charge is 0.224 e. The number of hydrogen-bond donors (Lipinski definition) is 1. The molecule has 1 aromatic heterocycles. The van der Waals surface area contributed by atoms with Crippen LogP contribution >= 0.6 is 27.5 Å². The monoisotopic (exact) mass is 353 g/mol. The van der Waals surface area contributed by atoms with E-state index < -0.39 is 0 Å². The van der Waals surface area contributed by atoms with Crippen LogP contribution in [0.1, 0.15) is 16.8 Å². The van der Waals surface area contributed by atoms with Crippen molar-refractivity contribution < 1.29 is 4.74 Å². The van der Waals surface area contributed by atoms with Gasteiger partial charge in [0.05, 0.1) is 6.61 Å². The molecule has 2 aromatic rings. The molecule has 0 aliphatic carbocycles. The third-order valence-corrected chi connectivity index (χ3v) is 3.74. The summed E-state index contributed by atoms with van der Waals surface area (Å²) in [4.78, 5) is 8.20. The fraction of sp³-hybridized carbons (Fsp3) is 0.286. The Morgan fingerprint density at radius 1 is 1.35 bits per heavy atom. The molecule has 0 spiro atoms. The lowest BCUT2D eigenvalue weighted by Crippen LogP contribution is -2.04.